The first-order valence-corrected chi connectivity index (χ1v) is 11.2. The van der Waals surface area contributed by atoms with Gasteiger partial charge in [0.1, 0.15) is 5.56 Å². The van der Waals surface area contributed by atoms with E-state index < -0.39 is 12.0 Å². The van der Waals surface area contributed by atoms with E-state index in [4.69, 9.17) is 0 Å². The lowest BCUT2D eigenvalue weighted by atomic mass is 9.92. The topological polar surface area (TPSA) is 112 Å². The molecule has 4 aromatic heterocycles. The minimum atomic E-state index is -0.580. The summed E-state index contributed by atoms with van der Waals surface area (Å²) in [6.07, 6.45) is 10.2. The molecule has 1 amide bonds. The smallest absolute Gasteiger partial charge is 0.267 e. The van der Waals surface area contributed by atoms with Crippen molar-refractivity contribution in [3.63, 3.8) is 0 Å². The molecule has 1 saturated carbocycles. The predicted octanol–water partition coefficient (Wildman–Crippen LogP) is 2.71. The van der Waals surface area contributed by atoms with E-state index >= 15 is 0 Å². The number of carbonyl (C=O) groups is 1. The SMILES string of the molecule is O=C(N[C@H]1CCCC[C@@H]1O)c1cc(Cc2ccc(-c3cn[nH]c3)cn2)c2ccccn2c1=O. The first-order valence-electron chi connectivity index (χ1n) is 11.2. The van der Waals surface area contributed by atoms with Crippen molar-refractivity contribution in [2.45, 2.75) is 44.2 Å². The molecule has 2 atom stereocenters. The highest BCUT2D eigenvalue weighted by molar-refractivity contribution is 5.95. The number of aromatic amines is 1. The number of rotatable bonds is 5. The lowest BCUT2D eigenvalue weighted by molar-refractivity contribution is 0.0716. The first kappa shape index (κ1) is 21.1. The number of H-pyrrole nitrogens is 1. The zero-order valence-electron chi connectivity index (χ0n) is 18.1. The van der Waals surface area contributed by atoms with E-state index in [0.717, 1.165) is 40.7 Å². The molecule has 1 aliphatic carbocycles. The number of hydrogen-bond acceptors (Lipinski definition) is 5. The number of aromatic nitrogens is 4. The number of aliphatic hydroxyl groups excluding tert-OH is 1. The highest BCUT2D eigenvalue weighted by atomic mass is 16.3. The van der Waals surface area contributed by atoms with Gasteiger partial charge in [-0.2, -0.15) is 5.10 Å². The van der Waals surface area contributed by atoms with Gasteiger partial charge in [0, 0.05) is 41.8 Å². The average molecular weight is 444 g/mol. The Morgan fingerprint density at radius 3 is 2.79 bits per heavy atom. The van der Waals surface area contributed by atoms with Crippen LogP contribution >= 0.6 is 0 Å². The molecule has 4 heterocycles. The molecule has 0 aromatic carbocycles. The summed E-state index contributed by atoms with van der Waals surface area (Å²) in [6.45, 7) is 0. The van der Waals surface area contributed by atoms with Crippen molar-refractivity contribution in [3.8, 4) is 11.1 Å². The monoisotopic (exact) mass is 443 g/mol. The molecule has 0 bridgehead atoms. The highest BCUT2D eigenvalue weighted by Crippen LogP contribution is 2.21. The number of fused-ring (bicyclic) bond motifs is 1. The van der Waals surface area contributed by atoms with Gasteiger partial charge in [-0.25, -0.2) is 0 Å². The maximum absolute atomic E-state index is 13.1. The number of pyridine rings is 3. The second-order valence-corrected chi connectivity index (χ2v) is 8.48. The van der Waals surface area contributed by atoms with Crippen LogP contribution in [0.4, 0.5) is 0 Å². The number of hydrogen-bond donors (Lipinski definition) is 3. The molecule has 33 heavy (non-hydrogen) atoms. The number of amides is 1. The molecule has 0 unspecified atom stereocenters. The van der Waals surface area contributed by atoms with E-state index in [1.807, 2.05) is 30.5 Å². The Hall–Kier alpha value is -3.78. The average Bonchev–Trinajstić information content (AvgIpc) is 3.38. The van der Waals surface area contributed by atoms with Crippen LogP contribution < -0.4 is 10.9 Å². The highest BCUT2D eigenvalue weighted by Gasteiger charge is 2.26. The van der Waals surface area contributed by atoms with Gasteiger partial charge in [-0.1, -0.05) is 25.0 Å². The van der Waals surface area contributed by atoms with Crippen LogP contribution in [0, 0.1) is 0 Å². The van der Waals surface area contributed by atoms with Crippen LogP contribution in [-0.4, -0.2) is 42.7 Å². The van der Waals surface area contributed by atoms with Crippen molar-refractivity contribution < 1.29 is 9.90 Å². The molecule has 0 aliphatic heterocycles. The van der Waals surface area contributed by atoms with Crippen LogP contribution in [0.1, 0.15) is 47.3 Å². The number of nitrogens with one attached hydrogen (secondary N) is 2. The Morgan fingerprint density at radius 2 is 2.03 bits per heavy atom. The van der Waals surface area contributed by atoms with Crippen LogP contribution in [0.3, 0.4) is 0 Å². The molecule has 8 heteroatoms. The molecular weight excluding hydrogens is 418 g/mol. The summed E-state index contributed by atoms with van der Waals surface area (Å²) in [5, 5.41) is 19.9. The third-order valence-corrected chi connectivity index (χ3v) is 6.28. The van der Waals surface area contributed by atoms with Gasteiger partial charge in [0.15, 0.2) is 0 Å². The molecule has 3 N–H and O–H groups in total. The molecular formula is C25H25N5O3. The van der Waals surface area contributed by atoms with Crippen molar-refractivity contribution in [1.82, 2.24) is 24.9 Å². The van der Waals surface area contributed by atoms with E-state index in [0.29, 0.717) is 19.3 Å². The van der Waals surface area contributed by atoms with Gasteiger partial charge in [0.05, 0.1) is 23.9 Å². The van der Waals surface area contributed by atoms with Crippen LogP contribution in [0.15, 0.2) is 66.0 Å². The van der Waals surface area contributed by atoms with E-state index in [9.17, 15) is 14.7 Å². The van der Waals surface area contributed by atoms with Gasteiger partial charge >= 0.3 is 0 Å². The molecule has 0 spiro atoms. The van der Waals surface area contributed by atoms with Gasteiger partial charge in [-0.05, 0) is 42.7 Å². The molecule has 8 nitrogen and oxygen atoms in total. The zero-order chi connectivity index (χ0) is 22.8. The third-order valence-electron chi connectivity index (χ3n) is 6.28. The number of carbonyl (C=O) groups excluding carboxylic acids is 1. The van der Waals surface area contributed by atoms with Crippen LogP contribution in [-0.2, 0) is 6.42 Å². The van der Waals surface area contributed by atoms with Gasteiger partial charge in [0.25, 0.3) is 11.5 Å². The summed E-state index contributed by atoms with van der Waals surface area (Å²) in [5.74, 6) is -0.450. The molecule has 1 fully saturated rings. The summed E-state index contributed by atoms with van der Waals surface area (Å²) in [6, 6.07) is 10.7. The Bertz CT molecular complexity index is 1330. The lowest BCUT2D eigenvalue weighted by Crippen LogP contribution is -2.46. The van der Waals surface area contributed by atoms with Crippen molar-refractivity contribution >= 4 is 11.4 Å². The van der Waals surface area contributed by atoms with E-state index in [-0.39, 0.29) is 17.2 Å². The fourth-order valence-electron chi connectivity index (χ4n) is 4.46. The largest absolute Gasteiger partial charge is 0.391 e. The van der Waals surface area contributed by atoms with E-state index in [1.54, 1.807) is 30.7 Å². The molecule has 1 aliphatic rings. The normalized spacial score (nSPS) is 18.3. The van der Waals surface area contributed by atoms with Crippen LogP contribution in [0.2, 0.25) is 0 Å². The summed E-state index contributed by atoms with van der Waals surface area (Å²) in [5.41, 5.74) is 3.98. The second-order valence-electron chi connectivity index (χ2n) is 8.48. The molecule has 4 aromatic rings. The lowest BCUT2D eigenvalue weighted by Gasteiger charge is -2.28. The first-order chi connectivity index (χ1) is 16.1. The van der Waals surface area contributed by atoms with Gasteiger partial charge in [-0.15, -0.1) is 0 Å². The van der Waals surface area contributed by atoms with Crippen molar-refractivity contribution in [2.75, 3.05) is 0 Å². The Balaban J connectivity index is 1.47. The molecule has 0 radical (unpaired) electrons. The van der Waals surface area contributed by atoms with Gasteiger partial charge < -0.3 is 10.4 Å². The maximum Gasteiger partial charge on any atom is 0.267 e. The van der Waals surface area contributed by atoms with Crippen molar-refractivity contribution in [2.24, 2.45) is 0 Å². The molecule has 5 rings (SSSR count). The third kappa shape index (κ3) is 4.29. The Labute approximate surface area is 190 Å². The minimum Gasteiger partial charge on any atom is -0.391 e. The second kappa shape index (κ2) is 8.99. The molecule has 168 valence electrons. The number of aliphatic hydroxyl groups is 1. The van der Waals surface area contributed by atoms with Crippen LogP contribution in [0.25, 0.3) is 16.6 Å². The summed E-state index contributed by atoms with van der Waals surface area (Å²) in [4.78, 5) is 30.7. The summed E-state index contributed by atoms with van der Waals surface area (Å²) < 4.78 is 1.50. The fourth-order valence-corrected chi connectivity index (χ4v) is 4.46. The standard InChI is InChI=1S/C25H25N5O3/c31-23-7-2-1-5-21(23)29-24(32)20-12-17(22-6-3-4-10-30(22)25(20)33)11-19-9-8-16(13-26-19)18-14-27-28-15-18/h3-4,6,8-10,12-15,21,23,31H,1-2,5,7,11H2,(H,27,28)(H,29,32)/t21-,23-/m0/s1. The maximum atomic E-state index is 13.1. The predicted molar refractivity (Wildman–Crippen MR) is 124 cm³/mol. The molecule has 0 saturated heterocycles. The number of nitrogens with zero attached hydrogens (tertiary/aromatic N) is 3. The van der Waals surface area contributed by atoms with Gasteiger partial charge in [-0.3, -0.25) is 24.1 Å². The van der Waals surface area contributed by atoms with Crippen molar-refractivity contribution in [1.29, 1.82) is 0 Å². The van der Waals surface area contributed by atoms with E-state index in [1.165, 1.54) is 4.40 Å². The Kier molecular flexibility index (Phi) is 5.75. The summed E-state index contributed by atoms with van der Waals surface area (Å²) in [7, 11) is 0. The quantitative estimate of drug-likeness (QED) is 0.439. The fraction of sp³-hybridized carbons (Fsp3) is 0.280. The van der Waals surface area contributed by atoms with Crippen molar-refractivity contribution in [3.05, 3.63) is 88.4 Å². The van der Waals surface area contributed by atoms with Gasteiger partial charge in [0.2, 0.25) is 0 Å². The minimum absolute atomic E-state index is 0.0708. The zero-order valence-corrected chi connectivity index (χ0v) is 18.1. The Morgan fingerprint density at radius 1 is 1.15 bits per heavy atom. The van der Waals surface area contributed by atoms with E-state index in [2.05, 4.69) is 20.5 Å². The van der Waals surface area contributed by atoms with Crippen LogP contribution in [0.5, 0.6) is 0 Å². The summed E-state index contributed by atoms with van der Waals surface area (Å²) >= 11 is 0.